The molecule has 0 radical (unpaired) electrons. The molecule has 0 bridgehead atoms. The lowest BCUT2D eigenvalue weighted by Crippen LogP contribution is -2.08. The van der Waals surface area contributed by atoms with Gasteiger partial charge in [0.25, 0.3) is 0 Å². The van der Waals surface area contributed by atoms with Crippen LogP contribution in [0.25, 0.3) is 0 Å². The molecule has 66 valence electrons. The molecule has 2 unspecified atom stereocenters. The fraction of sp³-hybridized carbons (Fsp3) is 0.600. The fourth-order valence-corrected chi connectivity index (χ4v) is 1.82. The molecule has 1 rings (SSSR count). The van der Waals surface area contributed by atoms with Crippen molar-refractivity contribution in [2.45, 2.75) is 26.7 Å². The van der Waals surface area contributed by atoms with E-state index < -0.39 is 0 Å². The van der Waals surface area contributed by atoms with Gasteiger partial charge in [-0.1, -0.05) is 12.5 Å². The number of rotatable bonds is 2. The first-order valence-electron chi connectivity index (χ1n) is 4.30. The van der Waals surface area contributed by atoms with E-state index in [4.69, 9.17) is 0 Å². The van der Waals surface area contributed by atoms with Crippen LogP contribution >= 0.6 is 0 Å². The van der Waals surface area contributed by atoms with Crippen molar-refractivity contribution in [3.8, 4) is 0 Å². The van der Waals surface area contributed by atoms with Gasteiger partial charge < -0.3 is 4.79 Å². The Kier molecular flexibility index (Phi) is 2.79. The van der Waals surface area contributed by atoms with Gasteiger partial charge in [0.1, 0.15) is 12.6 Å². The lowest BCUT2D eigenvalue weighted by atomic mass is 9.94. The number of carbonyl (C=O) groups excluding carboxylic acids is 2. The zero-order valence-electron chi connectivity index (χ0n) is 7.54. The third-order valence-corrected chi connectivity index (χ3v) is 2.71. The summed E-state index contributed by atoms with van der Waals surface area (Å²) in [5.74, 6) is 0.405. The third-order valence-electron chi connectivity index (χ3n) is 2.71. The van der Waals surface area contributed by atoms with Crippen molar-refractivity contribution in [2.24, 2.45) is 11.8 Å². The molecule has 0 N–H and O–H groups in total. The van der Waals surface area contributed by atoms with E-state index in [-0.39, 0.29) is 5.92 Å². The lowest BCUT2D eigenvalue weighted by Gasteiger charge is -2.09. The van der Waals surface area contributed by atoms with Crippen LogP contribution in [0, 0.1) is 11.8 Å². The molecule has 2 heteroatoms. The van der Waals surface area contributed by atoms with Crippen LogP contribution in [-0.2, 0) is 9.59 Å². The summed E-state index contributed by atoms with van der Waals surface area (Å²) < 4.78 is 0. The van der Waals surface area contributed by atoms with E-state index in [0.717, 1.165) is 36.6 Å². The molecule has 0 spiro atoms. The zero-order chi connectivity index (χ0) is 9.14. The number of aldehydes is 2. The largest absolute Gasteiger partial charge is 0.303 e. The monoisotopic (exact) mass is 166 g/mol. The fourth-order valence-electron chi connectivity index (χ4n) is 1.82. The first-order chi connectivity index (χ1) is 5.70. The van der Waals surface area contributed by atoms with Crippen molar-refractivity contribution in [2.75, 3.05) is 0 Å². The molecule has 0 aliphatic heterocycles. The quantitative estimate of drug-likeness (QED) is 0.462. The number of hydrogen-bond donors (Lipinski definition) is 0. The Hall–Kier alpha value is -0.920. The molecule has 0 aromatic rings. The second-order valence-corrected chi connectivity index (χ2v) is 3.50. The van der Waals surface area contributed by atoms with Crippen LogP contribution in [0.5, 0.6) is 0 Å². The second kappa shape index (κ2) is 3.65. The maximum absolute atomic E-state index is 10.7. The molecule has 0 heterocycles. The molecular formula is C10H14O2. The first-order valence-corrected chi connectivity index (χ1v) is 4.30. The van der Waals surface area contributed by atoms with Gasteiger partial charge in [0, 0.05) is 5.92 Å². The summed E-state index contributed by atoms with van der Waals surface area (Å²) in [6.45, 7) is 3.85. The van der Waals surface area contributed by atoms with Crippen molar-refractivity contribution >= 4 is 12.6 Å². The zero-order valence-corrected chi connectivity index (χ0v) is 7.54. The van der Waals surface area contributed by atoms with E-state index in [0.29, 0.717) is 5.92 Å². The van der Waals surface area contributed by atoms with Gasteiger partial charge in [0.05, 0.1) is 0 Å². The normalized spacial score (nSPS) is 33.2. The molecule has 0 aromatic heterocycles. The minimum absolute atomic E-state index is 0.00444. The first kappa shape index (κ1) is 9.17. The van der Waals surface area contributed by atoms with Crippen LogP contribution in [0.2, 0.25) is 0 Å². The van der Waals surface area contributed by atoms with Gasteiger partial charge in [-0.05, 0) is 31.3 Å². The summed E-state index contributed by atoms with van der Waals surface area (Å²) in [6, 6.07) is 0. The Morgan fingerprint density at radius 3 is 2.67 bits per heavy atom. The van der Waals surface area contributed by atoms with Gasteiger partial charge in [-0.25, -0.2) is 0 Å². The molecule has 0 amide bonds. The van der Waals surface area contributed by atoms with Gasteiger partial charge in [-0.3, -0.25) is 4.79 Å². The predicted molar refractivity (Wildman–Crippen MR) is 46.7 cm³/mol. The molecule has 0 aromatic carbocycles. The second-order valence-electron chi connectivity index (χ2n) is 3.50. The SMILES string of the molecule is C/C(C=O)=C1/CCC(C)C1C=O. The molecule has 0 saturated heterocycles. The highest BCUT2D eigenvalue weighted by Gasteiger charge is 2.28. The molecule has 1 fully saturated rings. The Balaban J connectivity index is 2.93. The smallest absolute Gasteiger partial charge is 0.145 e. The van der Waals surface area contributed by atoms with Gasteiger partial charge in [0.15, 0.2) is 0 Å². The molecule has 12 heavy (non-hydrogen) atoms. The Labute approximate surface area is 72.7 Å². The summed E-state index contributed by atoms with van der Waals surface area (Å²) in [7, 11) is 0. The van der Waals surface area contributed by atoms with Crippen LogP contribution < -0.4 is 0 Å². The molecule has 2 nitrogen and oxygen atoms in total. The van der Waals surface area contributed by atoms with Crippen LogP contribution in [0.4, 0.5) is 0 Å². The number of allylic oxidation sites excluding steroid dienone is 2. The van der Waals surface area contributed by atoms with Gasteiger partial charge >= 0.3 is 0 Å². The molecular weight excluding hydrogens is 152 g/mol. The van der Waals surface area contributed by atoms with Gasteiger partial charge in [0.2, 0.25) is 0 Å². The molecule has 1 aliphatic carbocycles. The molecule has 1 aliphatic rings. The summed E-state index contributed by atoms with van der Waals surface area (Å²) in [5, 5.41) is 0. The van der Waals surface area contributed by atoms with E-state index in [9.17, 15) is 9.59 Å². The predicted octanol–water partition coefficient (Wildman–Crippen LogP) is 1.75. The van der Waals surface area contributed by atoms with E-state index in [1.54, 1.807) is 6.92 Å². The topological polar surface area (TPSA) is 34.1 Å². The Morgan fingerprint density at radius 1 is 1.50 bits per heavy atom. The van der Waals surface area contributed by atoms with Crippen LogP contribution in [-0.4, -0.2) is 12.6 Å². The van der Waals surface area contributed by atoms with E-state index >= 15 is 0 Å². The highest BCUT2D eigenvalue weighted by Crippen LogP contribution is 2.36. The Bertz CT molecular complexity index is 228. The van der Waals surface area contributed by atoms with Crippen molar-refractivity contribution < 1.29 is 9.59 Å². The van der Waals surface area contributed by atoms with Crippen molar-refractivity contribution in [3.05, 3.63) is 11.1 Å². The molecule has 2 atom stereocenters. The van der Waals surface area contributed by atoms with Gasteiger partial charge in [-0.2, -0.15) is 0 Å². The van der Waals surface area contributed by atoms with Crippen LogP contribution in [0.15, 0.2) is 11.1 Å². The van der Waals surface area contributed by atoms with Gasteiger partial charge in [-0.15, -0.1) is 0 Å². The Morgan fingerprint density at radius 2 is 2.17 bits per heavy atom. The van der Waals surface area contributed by atoms with E-state index in [1.807, 2.05) is 0 Å². The van der Waals surface area contributed by atoms with Crippen molar-refractivity contribution in [1.82, 2.24) is 0 Å². The number of carbonyl (C=O) groups is 2. The van der Waals surface area contributed by atoms with Crippen LogP contribution in [0.1, 0.15) is 26.7 Å². The summed E-state index contributed by atoms with van der Waals surface area (Å²) in [5.41, 5.74) is 1.80. The third kappa shape index (κ3) is 1.47. The average Bonchev–Trinajstić information content (AvgIpc) is 2.45. The highest BCUT2D eigenvalue weighted by atomic mass is 16.1. The summed E-state index contributed by atoms with van der Waals surface area (Å²) >= 11 is 0. The van der Waals surface area contributed by atoms with Crippen molar-refractivity contribution in [1.29, 1.82) is 0 Å². The highest BCUT2D eigenvalue weighted by molar-refractivity contribution is 5.76. The van der Waals surface area contributed by atoms with E-state index in [2.05, 4.69) is 6.92 Å². The minimum atomic E-state index is -0.00444. The standard InChI is InChI=1S/C10H14O2/c1-7-3-4-9(8(2)5-11)10(7)6-12/h5-7,10H,3-4H2,1-2H3/b9-8+. The minimum Gasteiger partial charge on any atom is -0.303 e. The maximum Gasteiger partial charge on any atom is 0.145 e. The van der Waals surface area contributed by atoms with E-state index in [1.165, 1.54) is 0 Å². The lowest BCUT2D eigenvalue weighted by molar-refractivity contribution is -0.110. The molecule has 1 saturated carbocycles. The summed E-state index contributed by atoms with van der Waals surface area (Å²) in [6.07, 6.45) is 3.77. The average molecular weight is 166 g/mol. The number of hydrogen-bond acceptors (Lipinski definition) is 2. The summed E-state index contributed by atoms with van der Waals surface area (Å²) in [4.78, 5) is 21.2. The van der Waals surface area contributed by atoms with Crippen molar-refractivity contribution in [3.63, 3.8) is 0 Å². The van der Waals surface area contributed by atoms with Crippen LogP contribution in [0.3, 0.4) is 0 Å². The maximum atomic E-state index is 10.7.